The highest BCUT2D eigenvalue weighted by molar-refractivity contribution is 6.04. The Bertz CT molecular complexity index is 804. The highest BCUT2D eigenvalue weighted by Crippen LogP contribution is 2.26. The largest absolute Gasteiger partial charge is 0.478 e. The van der Waals surface area contributed by atoms with Crippen LogP contribution in [0.3, 0.4) is 0 Å². The van der Waals surface area contributed by atoms with Crippen LogP contribution >= 0.6 is 0 Å². The second-order valence-electron chi connectivity index (χ2n) is 7.27. The minimum absolute atomic E-state index is 0.0207. The van der Waals surface area contributed by atoms with Gasteiger partial charge in [0, 0.05) is 18.4 Å². The van der Waals surface area contributed by atoms with E-state index < -0.39 is 12.1 Å². The average molecular weight is 355 g/mol. The first kappa shape index (κ1) is 19.7. The molecule has 5 nitrogen and oxygen atoms in total. The Kier molecular flexibility index (Phi) is 5.83. The maximum absolute atomic E-state index is 12.5. The van der Waals surface area contributed by atoms with Gasteiger partial charge in [0.15, 0.2) is 0 Å². The number of benzene rings is 2. The van der Waals surface area contributed by atoms with Crippen LogP contribution in [-0.2, 0) is 10.2 Å². The highest BCUT2D eigenvalue weighted by atomic mass is 16.5. The van der Waals surface area contributed by atoms with Crippen LogP contribution in [0, 0.1) is 0 Å². The summed E-state index contributed by atoms with van der Waals surface area (Å²) in [5.41, 5.74) is 2.91. The summed E-state index contributed by atoms with van der Waals surface area (Å²) in [5.74, 6) is -1.27. The number of amides is 1. The summed E-state index contributed by atoms with van der Waals surface area (Å²) >= 11 is 0. The van der Waals surface area contributed by atoms with Gasteiger partial charge < -0.3 is 15.2 Å². The van der Waals surface area contributed by atoms with Gasteiger partial charge in [0.25, 0.3) is 5.91 Å². The van der Waals surface area contributed by atoms with E-state index in [2.05, 4.69) is 26.1 Å². The van der Waals surface area contributed by atoms with Gasteiger partial charge in [-0.3, -0.25) is 4.79 Å². The molecule has 0 fully saturated rings. The number of carbonyl (C=O) groups excluding carboxylic acids is 1. The van der Waals surface area contributed by atoms with Crippen molar-refractivity contribution in [1.82, 2.24) is 0 Å². The zero-order chi connectivity index (χ0) is 19.5. The molecule has 2 N–H and O–H groups in total. The Morgan fingerprint density at radius 3 is 2.19 bits per heavy atom. The molecule has 26 heavy (non-hydrogen) atoms. The summed E-state index contributed by atoms with van der Waals surface area (Å²) in [4.78, 5) is 23.9. The van der Waals surface area contributed by atoms with Gasteiger partial charge in [0.2, 0.25) is 0 Å². The third-order valence-corrected chi connectivity index (χ3v) is 4.34. The Morgan fingerprint density at radius 2 is 1.69 bits per heavy atom. The number of methoxy groups -OCH3 is 1. The summed E-state index contributed by atoms with van der Waals surface area (Å²) in [6.07, 6.45) is -0.399. The molecule has 0 aliphatic rings. The van der Waals surface area contributed by atoms with E-state index in [1.807, 2.05) is 12.1 Å². The van der Waals surface area contributed by atoms with Gasteiger partial charge in [-0.15, -0.1) is 0 Å². The standard InChI is InChI=1S/C21H25NO4/c1-13(26-5)18-12-16(10-11-17(18)20(24)25)22-19(23)14-6-8-15(9-7-14)21(2,3)4/h6-13H,1-5H3,(H,22,23)(H,24,25). The normalized spacial score (nSPS) is 12.5. The van der Waals surface area contributed by atoms with Crippen molar-refractivity contribution in [2.75, 3.05) is 12.4 Å². The van der Waals surface area contributed by atoms with Crippen LogP contribution in [0.5, 0.6) is 0 Å². The molecule has 2 rings (SSSR count). The first-order valence-corrected chi connectivity index (χ1v) is 8.45. The Balaban J connectivity index is 2.25. The number of hydrogen-bond acceptors (Lipinski definition) is 3. The molecule has 1 atom stereocenters. The Labute approximate surface area is 154 Å². The quantitative estimate of drug-likeness (QED) is 0.819. The number of aromatic carboxylic acids is 1. The molecule has 1 amide bonds. The maximum Gasteiger partial charge on any atom is 0.336 e. The van der Waals surface area contributed by atoms with E-state index in [-0.39, 0.29) is 16.9 Å². The van der Waals surface area contributed by atoms with Gasteiger partial charge in [-0.25, -0.2) is 4.79 Å². The lowest BCUT2D eigenvalue weighted by atomic mass is 9.87. The molecule has 1 unspecified atom stereocenters. The van der Waals surface area contributed by atoms with Gasteiger partial charge in [-0.1, -0.05) is 32.9 Å². The van der Waals surface area contributed by atoms with E-state index in [0.717, 1.165) is 5.56 Å². The summed E-state index contributed by atoms with van der Waals surface area (Å²) < 4.78 is 5.24. The van der Waals surface area contributed by atoms with Crippen LogP contribution < -0.4 is 5.32 Å². The molecule has 5 heteroatoms. The molecule has 0 aliphatic heterocycles. The molecule has 0 heterocycles. The van der Waals surface area contributed by atoms with Crippen molar-refractivity contribution in [3.05, 3.63) is 64.7 Å². The lowest BCUT2D eigenvalue weighted by Gasteiger charge is -2.19. The molecule has 2 aromatic rings. The van der Waals surface area contributed by atoms with Crippen LogP contribution in [0.25, 0.3) is 0 Å². The lowest BCUT2D eigenvalue weighted by Crippen LogP contribution is -2.15. The molecule has 2 aromatic carbocycles. The van der Waals surface area contributed by atoms with E-state index >= 15 is 0 Å². The van der Waals surface area contributed by atoms with Gasteiger partial charge in [0.05, 0.1) is 11.7 Å². The Hall–Kier alpha value is -2.66. The summed E-state index contributed by atoms with van der Waals surface area (Å²) in [5, 5.41) is 12.1. The molecule has 0 spiro atoms. The average Bonchev–Trinajstić information content (AvgIpc) is 2.60. The molecule has 0 saturated heterocycles. The zero-order valence-electron chi connectivity index (χ0n) is 15.8. The molecule has 138 valence electrons. The smallest absolute Gasteiger partial charge is 0.336 e. The first-order chi connectivity index (χ1) is 12.1. The predicted molar refractivity (Wildman–Crippen MR) is 102 cm³/mol. The van der Waals surface area contributed by atoms with Crippen molar-refractivity contribution in [3.63, 3.8) is 0 Å². The third-order valence-electron chi connectivity index (χ3n) is 4.34. The van der Waals surface area contributed by atoms with E-state index in [1.165, 1.54) is 13.2 Å². The fourth-order valence-electron chi connectivity index (χ4n) is 2.62. The van der Waals surface area contributed by atoms with Crippen molar-refractivity contribution < 1.29 is 19.4 Å². The van der Waals surface area contributed by atoms with Gasteiger partial charge >= 0.3 is 5.97 Å². The number of carbonyl (C=O) groups is 2. The number of hydrogen-bond donors (Lipinski definition) is 2. The number of carboxylic acids is 1. The lowest BCUT2D eigenvalue weighted by molar-refractivity contribution is 0.0683. The number of anilines is 1. The van der Waals surface area contributed by atoms with Crippen molar-refractivity contribution in [3.8, 4) is 0 Å². The monoisotopic (exact) mass is 355 g/mol. The zero-order valence-corrected chi connectivity index (χ0v) is 15.8. The van der Waals surface area contributed by atoms with Crippen molar-refractivity contribution in [1.29, 1.82) is 0 Å². The van der Waals surface area contributed by atoms with Crippen molar-refractivity contribution >= 4 is 17.6 Å². The third kappa shape index (κ3) is 4.49. The SMILES string of the molecule is COC(C)c1cc(NC(=O)c2ccc(C(C)(C)C)cc2)ccc1C(=O)O. The molecule has 0 bridgehead atoms. The number of ether oxygens (including phenoxy) is 1. The van der Waals surface area contributed by atoms with E-state index in [1.54, 1.807) is 31.2 Å². The maximum atomic E-state index is 12.5. The molecule has 0 aromatic heterocycles. The topological polar surface area (TPSA) is 75.6 Å². The second kappa shape index (κ2) is 7.70. The van der Waals surface area contributed by atoms with Gasteiger partial charge in [-0.2, -0.15) is 0 Å². The van der Waals surface area contributed by atoms with E-state index in [4.69, 9.17) is 4.74 Å². The first-order valence-electron chi connectivity index (χ1n) is 8.45. The van der Waals surface area contributed by atoms with Crippen LogP contribution in [0.2, 0.25) is 0 Å². The number of nitrogens with one attached hydrogen (secondary N) is 1. The summed E-state index contributed by atoms with van der Waals surface area (Å²) in [6.45, 7) is 8.11. The Morgan fingerprint density at radius 1 is 1.08 bits per heavy atom. The minimum Gasteiger partial charge on any atom is -0.478 e. The molecule has 0 saturated carbocycles. The summed E-state index contributed by atoms with van der Waals surface area (Å²) in [7, 11) is 1.51. The van der Waals surface area contributed by atoms with Crippen LogP contribution in [0.4, 0.5) is 5.69 Å². The number of rotatable bonds is 5. The molecule has 0 radical (unpaired) electrons. The summed E-state index contributed by atoms with van der Waals surface area (Å²) in [6, 6.07) is 12.2. The minimum atomic E-state index is -1.03. The van der Waals surface area contributed by atoms with E-state index in [0.29, 0.717) is 16.8 Å². The van der Waals surface area contributed by atoms with Crippen LogP contribution in [0.15, 0.2) is 42.5 Å². The highest BCUT2D eigenvalue weighted by Gasteiger charge is 2.18. The van der Waals surface area contributed by atoms with Gasteiger partial charge in [-0.05, 0) is 53.8 Å². The number of carboxylic acid groups (broad SMARTS) is 1. The van der Waals surface area contributed by atoms with Crippen LogP contribution in [-0.4, -0.2) is 24.1 Å². The van der Waals surface area contributed by atoms with Crippen molar-refractivity contribution in [2.45, 2.75) is 39.2 Å². The predicted octanol–water partition coefficient (Wildman–Crippen LogP) is 4.64. The fourth-order valence-corrected chi connectivity index (χ4v) is 2.62. The van der Waals surface area contributed by atoms with Gasteiger partial charge in [0.1, 0.15) is 0 Å². The second-order valence-corrected chi connectivity index (χ2v) is 7.27. The molecular weight excluding hydrogens is 330 g/mol. The fraction of sp³-hybridized carbons (Fsp3) is 0.333. The molecular formula is C21H25NO4. The van der Waals surface area contributed by atoms with E-state index in [9.17, 15) is 14.7 Å². The molecule has 0 aliphatic carbocycles. The van der Waals surface area contributed by atoms with Crippen molar-refractivity contribution in [2.24, 2.45) is 0 Å². The van der Waals surface area contributed by atoms with Crippen LogP contribution in [0.1, 0.15) is 65.6 Å².